The minimum Gasteiger partial charge on any atom is -0.361 e. The van der Waals surface area contributed by atoms with Crippen LogP contribution in [0, 0.1) is 0 Å². The maximum Gasteiger partial charge on any atom is 0.286 e. The molecular formula is C28H23N5O3. The number of carbonyl (C=O) groups excluding carboxylic acids is 3. The van der Waals surface area contributed by atoms with Crippen LogP contribution in [-0.4, -0.2) is 38.6 Å². The van der Waals surface area contributed by atoms with Crippen LogP contribution < -0.4 is 10.9 Å². The summed E-state index contributed by atoms with van der Waals surface area (Å²) in [6.45, 7) is 1.66. The molecule has 0 saturated heterocycles. The summed E-state index contributed by atoms with van der Waals surface area (Å²) in [7, 11) is 0. The molecule has 0 spiro atoms. The summed E-state index contributed by atoms with van der Waals surface area (Å²) in [5.74, 6) is -1.20. The van der Waals surface area contributed by atoms with Gasteiger partial charge in [-0.3, -0.25) is 25.2 Å². The third kappa shape index (κ3) is 3.42. The normalized spacial score (nSPS) is 15.8. The van der Waals surface area contributed by atoms with Crippen LogP contribution in [0.5, 0.6) is 0 Å². The van der Waals surface area contributed by atoms with Gasteiger partial charge in [0.15, 0.2) is 0 Å². The van der Waals surface area contributed by atoms with Crippen LogP contribution in [0.3, 0.4) is 0 Å². The molecule has 1 aliphatic rings. The fourth-order valence-electron chi connectivity index (χ4n) is 4.99. The maximum atomic E-state index is 13.5. The average molecular weight is 478 g/mol. The molecule has 1 aliphatic heterocycles. The molecule has 0 radical (unpaired) electrons. The molecule has 0 fully saturated rings. The molecular weight excluding hydrogens is 454 g/mol. The number of aromatic amines is 2. The number of hydrogen-bond acceptors (Lipinski definition) is 3. The molecule has 4 N–H and O–H groups in total. The lowest BCUT2D eigenvalue weighted by molar-refractivity contribution is -0.126. The number of rotatable bonds is 4. The molecule has 8 nitrogen and oxygen atoms in total. The molecule has 3 amide bonds. The molecule has 178 valence electrons. The van der Waals surface area contributed by atoms with Gasteiger partial charge in [-0.15, -0.1) is 0 Å². The average Bonchev–Trinajstić information content (AvgIpc) is 3.60. The second-order valence-corrected chi connectivity index (χ2v) is 8.88. The Labute approximate surface area is 206 Å². The van der Waals surface area contributed by atoms with E-state index in [-0.39, 0.29) is 5.91 Å². The van der Waals surface area contributed by atoms with Crippen molar-refractivity contribution in [1.82, 2.24) is 25.7 Å². The molecule has 6 rings (SSSR count). The standard InChI is InChI=1S/C28H23N5O3/c1-16(26(34)31-32-27(35)24-14-17-8-2-6-12-22(17)30-24)33-25(19-10-3-4-11-20(19)28(33)36)21-15-29-23-13-7-5-9-18(21)23/h2-16,25,29-30H,1H3,(H,31,34)(H,32,35). The largest absolute Gasteiger partial charge is 0.361 e. The SMILES string of the molecule is CC(C(=O)NNC(=O)c1cc2ccccc2[nH]1)N1C(=O)c2ccccc2C1c1c[nH]c2ccccc12. The van der Waals surface area contributed by atoms with Gasteiger partial charge >= 0.3 is 0 Å². The van der Waals surface area contributed by atoms with E-state index in [1.807, 2.05) is 72.9 Å². The molecule has 2 unspecified atom stereocenters. The van der Waals surface area contributed by atoms with Crippen LogP contribution in [-0.2, 0) is 4.79 Å². The van der Waals surface area contributed by atoms with Gasteiger partial charge in [0.1, 0.15) is 11.7 Å². The maximum absolute atomic E-state index is 13.5. The molecule has 36 heavy (non-hydrogen) atoms. The van der Waals surface area contributed by atoms with Gasteiger partial charge in [0.05, 0.1) is 6.04 Å². The molecule has 0 aliphatic carbocycles. The number of carbonyl (C=O) groups is 3. The first-order chi connectivity index (χ1) is 17.5. The van der Waals surface area contributed by atoms with Gasteiger partial charge in [-0.2, -0.15) is 0 Å². The van der Waals surface area contributed by atoms with Crippen molar-refractivity contribution in [2.75, 3.05) is 0 Å². The van der Waals surface area contributed by atoms with Crippen molar-refractivity contribution in [1.29, 1.82) is 0 Å². The highest BCUT2D eigenvalue weighted by Gasteiger charge is 2.43. The van der Waals surface area contributed by atoms with Crippen LogP contribution in [0.15, 0.2) is 85.1 Å². The van der Waals surface area contributed by atoms with Crippen LogP contribution in [0.1, 0.15) is 44.9 Å². The summed E-state index contributed by atoms with van der Waals surface area (Å²) in [5.41, 5.74) is 9.37. The van der Waals surface area contributed by atoms with Crippen molar-refractivity contribution in [2.45, 2.75) is 19.0 Å². The minimum atomic E-state index is -0.855. The molecule has 2 atom stereocenters. The minimum absolute atomic E-state index is 0.231. The van der Waals surface area contributed by atoms with E-state index in [0.29, 0.717) is 11.3 Å². The zero-order chi connectivity index (χ0) is 24.8. The Morgan fingerprint density at radius 1 is 0.889 bits per heavy atom. The number of nitrogens with zero attached hydrogens (tertiary/aromatic N) is 1. The second kappa shape index (κ2) is 8.42. The van der Waals surface area contributed by atoms with E-state index < -0.39 is 23.9 Å². The predicted octanol–water partition coefficient (Wildman–Crippen LogP) is 4.04. The lowest BCUT2D eigenvalue weighted by Gasteiger charge is -2.30. The number of benzene rings is 3. The van der Waals surface area contributed by atoms with Gasteiger partial charge in [-0.1, -0.05) is 54.6 Å². The number of hydrazine groups is 1. The molecule has 2 aromatic heterocycles. The second-order valence-electron chi connectivity index (χ2n) is 8.88. The predicted molar refractivity (Wildman–Crippen MR) is 136 cm³/mol. The molecule has 5 aromatic rings. The van der Waals surface area contributed by atoms with Crippen molar-refractivity contribution < 1.29 is 14.4 Å². The van der Waals surface area contributed by atoms with E-state index in [0.717, 1.165) is 32.9 Å². The quantitative estimate of drug-likeness (QED) is 0.293. The molecule has 8 heteroatoms. The van der Waals surface area contributed by atoms with Crippen LogP contribution in [0.25, 0.3) is 21.8 Å². The van der Waals surface area contributed by atoms with Crippen molar-refractivity contribution in [3.05, 3.63) is 107 Å². The number of fused-ring (bicyclic) bond motifs is 3. The highest BCUT2D eigenvalue weighted by Crippen LogP contribution is 2.42. The third-order valence-electron chi connectivity index (χ3n) is 6.78. The lowest BCUT2D eigenvalue weighted by Crippen LogP contribution is -2.52. The Balaban J connectivity index is 1.27. The Kier molecular flexibility index (Phi) is 5.07. The van der Waals surface area contributed by atoms with Crippen molar-refractivity contribution in [3.8, 4) is 0 Å². The number of para-hydroxylation sites is 2. The van der Waals surface area contributed by atoms with E-state index in [1.165, 1.54) is 0 Å². The van der Waals surface area contributed by atoms with Gasteiger partial charge in [-0.05, 0) is 36.8 Å². The zero-order valence-corrected chi connectivity index (χ0v) is 19.4. The highest BCUT2D eigenvalue weighted by molar-refractivity contribution is 6.04. The van der Waals surface area contributed by atoms with Crippen molar-refractivity contribution >= 4 is 39.5 Å². The summed E-state index contributed by atoms with van der Waals surface area (Å²) in [6, 6.07) is 23.2. The van der Waals surface area contributed by atoms with Gasteiger partial charge in [-0.25, -0.2) is 0 Å². The van der Waals surface area contributed by atoms with E-state index in [9.17, 15) is 14.4 Å². The van der Waals surface area contributed by atoms with Crippen molar-refractivity contribution in [2.24, 2.45) is 0 Å². The molecule has 0 saturated carbocycles. The monoisotopic (exact) mass is 477 g/mol. The Bertz CT molecular complexity index is 1620. The molecule has 0 bridgehead atoms. The smallest absolute Gasteiger partial charge is 0.286 e. The highest BCUT2D eigenvalue weighted by atomic mass is 16.2. The number of nitrogens with one attached hydrogen (secondary N) is 4. The number of H-pyrrole nitrogens is 2. The summed E-state index contributed by atoms with van der Waals surface area (Å²) in [6.07, 6.45) is 1.89. The van der Waals surface area contributed by atoms with Gasteiger partial charge in [0, 0.05) is 39.1 Å². The molecule has 3 heterocycles. The fourth-order valence-corrected chi connectivity index (χ4v) is 4.99. The number of amides is 3. The van der Waals surface area contributed by atoms with Crippen molar-refractivity contribution in [3.63, 3.8) is 0 Å². The van der Waals surface area contributed by atoms with Crippen LogP contribution in [0.4, 0.5) is 0 Å². The Morgan fingerprint density at radius 2 is 1.61 bits per heavy atom. The summed E-state index contributed by atoms with van der Waals surface area (Å²) in [4.78, 5) is 47.2. The first-order valence-corrected chi connectivity index (χ1v) is 11.7. The van der Waals surface area contributed by atoms with E-state index >= 15 is 0 Å². The first-order valence-electron chi connectivity index (χ1n) is 11.7. The number of hydrogen-bond donors (Lipinski definition) is 4. The summed E-state index contributed by atoms with van der Waals surface area (Å²) >= 11 is 0. The van der Waals surface area contributed by atoms with E-state index in [2.05, 4.69) is 20.8 Å². The Morgan fingerprint density at radius 3 is 2.44 bits per heavy atom. The van der Waals surface area contributed by atoms with E-state index in [4.69, 9.17) is 0 Å². The zero-order valence-electron chi connectivity index (χ0n) is 19.4. The third-order valence-corrected chi connectivity index (χ3v) is 6.78. The summed E-state index contributed by atoms with van der Waals surface area (Å²) < 4.78 is 0. The first kappa shape index (κ1) is 21.7. The lowest BCUT2D eigenvalue weighted by atomic mass is 9.97. The topological polar surface area (TPSA) is 110 Å². The Hall–Kier alpha value is -4.85. The number of aromatic nitrogens is 2. The van der Waals surface area contributed by atoms with Crippen LogP contribution in [0.2, 0.25) is 0 Å². The molecule has 3 aromatic carbocycles. The van der Waals surface area contributed by atoms with Crippen LogP contribution >= 0.6 is 0 Å². The summed E-state index contributed by atoms with van der Waals surface area (Å²) in [5, 5.41) is 1.88. The van der Waals surface area contributed by atoms with E-state index in [1.54, 1.807) is 24.0 Å². The van der Waals surface area contributed by atoms with Gasteiger partial charge in [0.2, 0.25) is 0 Å². The fraction of sp³-hybridized carbons (Fsp3) is 0.107. The van der Waals surface area contributed by atoms with Gasteiger partial charge < -0.3 is 14.9 Å². The van der Waals surface area contributed by atoms with Gasteiger partial charge in [0.25, 0.3) is 17.7 Å².